The zero-order valence-corrected chi connectivity index (χ0v) is 8.36. The summed E-state index contributed by atoms with van der Waals surface area (Å²) in [5, 5.41) is 18.2. The predicted molar refractivity (Wildman–Crippen MR) is 54.0 cm³/mol. The molecule has 0 aliphatic carbocycles. The van der Waals surface area contributed by atoms with Gasteiger partial charge in [-0.15, -0.1) is 0 Å². The predicted octanol–water partition coefficient (Wildman–Crippen LogP) is 1.81. The second-order valence-electron chi connectivity index (χ2n) is 3.17. The molecule has 0 fully saturated rings. The van der Waals surface area contributed by atoms with Crippen molar-refractivity contribution >= 4 is 0 Å². The minimum atomic E-state index is -0.145. The van der Waals surface area contributed by atoms with Gasteiger partial charge in [0.05, 0.1) is 13.2 Å². The molecule has 0 aliphatic rings. The summed E-state index contributed by atoms with van der Waals surface area (Å²) < 4.78 is 5.34. The van der Waals surface area contributed by atoms with Crippen molar-refractivity contribution in [3.63, 3.8) is 0 Å². The first-order chi connectivity index (χ1) is 6.77. The highest BCUT2D eigenvalue weighted by Crippen LogP contribution is 2.18. The van der Waals surface area contributed by atoms with Gasteiger partial charge in [-0.3, -0.25) is 0 Å². The largest absolute Gasteiger partial charge is 0.508 e. The molecule has 0 saturated carbocycles. The van der Waals surface area contributed by atoms with E-state index in [2.05, 4.69) is 6.92 Å². The Kier molecular flexibility index (Phi) is 4.43. The fourth-order valence-corrected chi connectivity index (χ4v) is 1.19. The third-order valence-corrected chi connectivity index (χ3v) is 1.93. The molecule has 14 heavy (non-hydrogen) atoms. The molecular formula is C11H16O3. The first kappa shape index (κ1) is 11.0. The first-order valence-corrected chi connectivity index (χ1v) is 4.77. The molecule has 0 bridgehead atoms. The van der Waals surface area contributed by atoms with E-state index in [0.29, 0.717) is 12.2 Å². The van der Waals surface area contributed by atoms with E-state index in [1.54, 1.807) is 18.2 Å². The lowest BCUT2D eigenvalue weighted by Crippen LogP contribution is -1.95. The second kappa shape index (κ2) is 5.62. The molecule has 1 aromatic rings. The van der Waals surface area contributed by atoms with Crippen LogP contribution in [0.1, 0.15) is 24.5 Å². The van der Waals surface area contributed by atoms with Gasteiger partial charge in [-0.2, -0.15) is 0 Å². The maximum Gasteiger partial charge on any atom is 0.121 e. The van der Waals surface area contributed by atoms with Crippen LogP contribution in [-0.4, -0.2) is 16.8 Å². The second-order valence-corrected chi connectivity index (χ2v) is 3.17. The number of ether oxygens (including phenoxy) is 1. The molecule has 1 rings (SSSR count). The van der Waals surface area contributed by atoms with Crippen LogP contribution in [0.5, 0.6) is 5.75 Å². The third kappa shape index (κ3) is 3.01. The Morgan fingerprint density at radius 1 is 1.36 bits per heavy atom. The number of hydrogen-bond acceptors (Lipinski definition) is 3. The fourth-order valence-electron chi connectivity index (χ4n) is 1.19. The van der Waals surface area contributed by atoms with Gasteiger partial charge in [-0.05, 0) is 24.1 Å². The van der Waals surface area contributed by atoms with Crippen LogP contribution >= 0.6 is 0 Å². The van der Waals surface area contributed by atoms with E-state index in [9.17, 15) is 5.11 Å². The van der Waals surface area contributed by atoms with E-state index >= 15 is 0 Å². The highest BCUT2D eigenvalue weighted by atomic mass is 16.5. The van der Waals surface area contributed by atoms with Crippen LogP contribution in [0.3, 0.4) is 0 Å². The number of aromatic hydroxyl groups is 1. The highest BCUT2D eigenvalue weighted by molar-refractivity contribution is 5.35. The van der Waals surface area contributed by atoms with Crippen LogP contribution in [0.4, 0.5) is 0 Å². The van der Waals surface area contributed by atoms with Crippen molar-refractivity contribution in [1.29, 1.82) is 0 Å². The molecule has 0 spiro atoms. The quantitative estimate of drug-likeness (QED) is 0.706. The van der Waals surface area contributed by atoms with Gasteiger partial charge in [0, 0.05) is 12.2 Å². The molecule has 1 aromatic carbocycles. The van der Waals surface area contributed by atoms with Crippen LogP contribution in [0.25, 0.3) is 0 Å². The van der Waals surface area contributed by atoms with Gasteiger partial charge in [0.15, 0.2) is 0 Å². The van der Waals surface area contributed by atoms with Crippen molar-refractivity contribution in [3.8, 4) is 5.75 Å². The van der Waals surface area contributed by atoms with Crippen molar-refractivity contribution in [2.45, 2.75) is 26.6 Å². The summed E-state index contributed by atoms with van der Waals surface area (Å²) >= 11 is 0. The summed E-state index contributed by atoms with van der Waals surface area (Å²) in [6.45, 7) is 3.17. The van der Waals surface area contributed by atoms with Gasteiger partial charge >= 0.3 is 0 Å². The molecule has 0 saturated heterocycles. The SMILES string of the molecule is CCCOCc1ccc(O)c(CO)c1. The summed E-state index contributed by atoms with van der Waals surface area (Å²) in [7, 11) is 0. The standard InChI is InChI=1S/C11H16O3/c1-2-5-14-8-9-3-4-11(13)10(6-9)7-12/h3-4,6,12-13H,2,5,7-8H2,1H3. The van der Waals surface area contributed by atoms with Gasteiger partial charge < -0.3 is 14.9 Å². The number of aliphatic hydroxyl groups excluding tert-OH is 1. The minimum Gasteiger partial charge on any atom is -0.508 e. The van der Waals surface area contributed by atoms with E-state index in [0.717, 1.165) is 18.6 Å². The van der Waals surface area contributed by atoms with Crippen molar-refractivity contribution in [3.05, 3.63) is 29.3 Å². The number of benzene rings is 1. The van der Waals surface area contributed by atoms with Crippen molar-refractivity contribution in [2.75, 3.05) is 6.61 Å². The fraction of sp³-hybridized carbons (Fsp3) is 0.455. The Hall–Kier alpha value is -1.06. The third-order valence-electron chi connectivity index (χ3n) is 1.93. The van der Waals surface area contributed by atoms with Crippen LogP contribution in [0.15, 0.2) is 18.2 Å². The Morgan fingerprint density at radius 3 is 2.79 bits per heavy atom. The summed E-state index contributed by atoms with van der Waals surface area (Å²) in [4.78, 5) is 0. The van der Waals surface area contributed by atoms with Crippen molar-refractivity contribution < 1.29 is 14.9 Å². The average molecular weight is 196 g/mol. The molecule has 0 atom stereocenters. The Balaban J connectivity index is 2.60. The molecule has 0 radical (unpaired) electrons. The van der Waals surface area contributed by atoms with Crippen molar-refractivity contribution in [1.82, 2.24) is 0 Å². The number of aliphatic hydroxyl groups is 1. The van der Waals surface area contributed by atoms with Gasteiger partial charge in [0.2, 0.25) is 0 Å². The number of phenols is 1. The maximum absolute atomic E-state index is 9.31. The minimum absolute atomic E-state index is 0.131. The highest BCUT2D eigenvalue weighted by Gasteiger charge is 2.01. The Bertz CT molecular complexity index is 284. The maximum atomic E-state index is 9.31. The van der Waals surface area contributed by atoms with Crippen molar-refractivity contribution in [2.24, 2.45) is 0 Å². The topological polar surface area (TPSA) is 49.7 Å². The van der Waals surface area contributed by atoms with Crippen LogP contribution < -0.4 is 0 Å². The zero-order valence-electron chi connectivity index (χ0n) is 8.36. The zero-order chi connectivity index (χ0) is 10.4. The summed E-state index contributed by atoms with van der Waals surface area (Å²) in [5.74, 6) is 0.131. The summed E-state index contributed by atoms with van der Waals surface area (Å²) in [6, 6.07) is 5.13. The number of hydrogen-bond donors (Lipinski definition) is 2. The molecule has 0 aliphatic heterocycles. The molecule has 0 unspecified atom stereocenters. The van der Waals surface area contributed by atoms with Crippen LogP contribution in [-0.2, 0) is 18.0 Å². The lowest BCUT2D eigenvalue weighted by molar-refractivity contribution is 0.121. The van der Waals surface area contributed by atoms with Crippen LogP contribution in [0, 0.1) is 0 Å². The van der Waals surface area contributed by atoms with Gasteiger partial charge in [0.25, 0.3) is 0 Å². The lowest BCUT2D eigenvalue weighted by atomic mass is 10.1. The molecule has 3 nitrogen and oxygen atoms in total. The smallest absolute Gasteiger partial charge is 0.121 e. The molecule has 0 heterocycles. The normalized spacial score (nSPS) is 10.4. The lowest BCUT2D eigenvalue weighted by Gasteiger charge is -2.06. The molecule has 78 valence electrons. The Morgan fingerprint density at radius 2 is 2.14 bits per heavy atom. The molecule has 0 aromatic heterocycles. The van der Waals surface area contributed by atoms with E-state index < -0.39 is 0 Å². The van der Waals surface area contributed by atoms with E-state index in [4.69, 9.17) is 9.84 Å². The van der Waals surface area contributed by atoms with Gasteiger partial charge in [-0.1, -0.05) is 13.0 Å². The van der Waals surface area contributed by atoms with E-state index in [1.165, 1.54) is 0 Å². The average Bonchev–Trinajstić information content (AvgIpc) is 2.21. The molecular weight excluding hydrogens is 180 g/mol. The molecule has 3 heteroatoms. The van der Waals surface area contributed by atoms with Gasteiger partial charge in [0.1, 0.15) is 5.75 Å². The first-order valence-electron chi connectivity index (χ1n) is 4.77. The van der Waals surface area contributed by atoms with E-state index in [1.807, 2.05) is 0 Å². The van der Waals surface area contributed by atoms with E-state index in [-0.39, 0.29) is 12.4 Å². The van der Waals surface area contributed by atoms with Crippen LogP contribution in [0.2, 0.25) is 0 Å². The monoisotopic (exact) mass is 196 g/mol. The Labute approximate surface area is 84.0 Å². The summed E-state index contributed by atoms with van der Waals surface area (Å²) in [5.41, 5.74) is 1.52. The summed E-state index contributed by atoms with van der Waals surface area (Å²) in [6.07, 6.45) is 0.991. The van der Waals surface area contributed by atoms with Gasteiger partial charge in [-0.25, -0.2) is 0 Å². The molecule has 2 N–H and O–H groups in total. The molecule has 0 amide bonds. The number of rotatable bonds is 5.